The first-order valence-corrected chi connectivity index (χ1v) is 11.4. The average Bonchev–Trinajstić information content (AvgIpc) is 3.16. The second-order valence-corrected chi connectivity index (χ2v) is 8.84. The fourth-order valence-corrected chi connectivity index (χ4v) is 4.51. The van der Waals surface area contributed by atoms with Crippen molar-refractivity contribution >= 4 is 58.0 Å². The third-order valence-corrected chi connectivity index (χ3v) is 6.27. The highest BCUT2D eigenvalue weighted by molar-refractivity contribution is 14.0. The Morgan fingerprint density at radius 3 is 2.76 bits per heavy atom. The van der Waals surface area contributed by atoms with Crippen LogP contribution in [0.3, 0.4) is 0 Å². The van der Waals surface area contributed by atoms with Gasteiger partial charge >= 0.3 is 0 Å². The van der Waals surface area contributed by atoms with Gasteiger partial charge in [-0.1, -0.05) is 48.0 Å². The summed E-state index contributed by atoms with van der Waals surface area (Å²) in [7, 11) is 0.872. The molecule has 2 atom stereocenters. The third kappa shape index (κ3) is 7.79. The summed E-state index contributed by atoms with van der Waals surface area (Å²) in [6.07, 6.45) is 1.03. The smallest absolute Gasteiger partial charge is 0.191 e. The molecule has 1 fully saturated rings. The molecule has 0 saturated carbocycles. The molecule has 1 aliphatic heterocycles. The summed E-state index contributed by atoms with van der Waals surface area (Å²) in [6, 6.07) is 18.2. The normalized spacial score (nSPS) is 17.5. The van der Waals surface area contributed by atoms with E-state index < -0.39 is 10.8 Å². The van der Waals surface area contributed by atoms with Crippen molar-refractivity contribution in [3.8, 4) is 0 Å². The molecule has 2 aromatic carbocycles. The molecule has 1 saturated heterocycles. The Labute approximate surface area is 197 Å². The van der Waals surface area contributed by atoms with Crippen molar-refractivity contribution in [2.45, 2.75) is 18.2 Å². The van der Waals surface area contributed by atoms with Gasteiger partial charge in [-0.3, -0.25) is 9.20 Å². The van der Waals surface area contributed by atoms with Crippen molar-refractivity contribution in [1.82, 2.24) is 10.6 Å². The Morgan fingerprint density at radius 2 is 2.03 bits per heavy atom. The second kappa shape index (κ2) is 12.4. The van der Waals surface area contributed by atoms with Crippen LogP contribution in [0.4, 0.5) is 5.69 Å². The number of hydrogen-bond acceptors (Lipinski definition) is 3. The lowest BCUT2D eigenvalue weighted by molar-refractivity contribution is 0.650. The molecule has 0 amide bonds. The van der Waals surface area contributed by atoms with Crippen molar-refractivity contribution < 1.29 is 4.21 Å². The Balaban J connectivity index is 0.00000300. The SMILES string of the molecule is CN=C(NCCS(=O)Cc1ccccc1)NC1CCN(c2cccc(Cl)c2)C1.I. The molecule has 0 spiro atoms. The maximum atomic E-state index is 12.2. The van der Waals surface area contributed by atoms with Gasteiger partial charge in [-0.15, -0.1) is 24.0 Å². The molecule has 3 rings (SSSR count). The number of benzene rings is 2. The molecule has 8 heteroatoms. The average molecular weight is 547 g/mol. The van der Waals surface area contributed by atoms with E-state index in [-0.39, 0.29) is 24.0 Å². The van der Waals surface area contributed by atoms with E-state index in [2.05, 4.69) is 26.6 Å². The van der Waals surface area contributed by atoms with Gasteiger partial charge in [0, 0.05) is 65.7 Å². The first-order chi connectivity index (χ1) is 13.6. The predicted molar refractivity (Wildman–Crippen MR) is 135 cm³/mol. The van der Waals surface area contributed by atoms with E-state index in [0.717, 1.165) is 41.7 Å². The van der Waals surface area contributed by atoms with Crippen LogP contribution in [-0.4, -0.2) is 48.6 Å². The fraction of sp³-hybridized carbons (Fsp3) is 0.381. The van der Waals surface area contributed by atoms with Crippen LogP contribution in [0, 0.1) is 0 Å². The molecule has 158 valence electrons. The summed E-state index contributed by atoms with van der Waals surface area (Å²) in [4.78, 5) is 6.63. The third-order valence-electron chi connectivity index (χ3n) is 4.72. The predicted octanol–water partition coefficient (Wildman–Crippen LogP) is 3.65. The van der Waals surface area contributed by atoms with Crippen LogP contribution >= 0.6 is 35.6 Å². The minimum atomic E-state index is -0.892. The Bertz CT molecular complexity index is 821. The van der Waals surface area contributed by atoms with Gasteiger partial charge in [0.2, 0.25) is 0 Å². The van der Waals surface area contributed by atoms with Crippen LogP contribution in [-0.2, 0) is 16.6 Å². The summed E-state index contributed by atoms with van der Waals surface area (Å²) in [5, 5.41) is 7.51. The van der Waals surface area contributed by atoms with Gasteiger partial charge in [-0.05, 0) is 30.2 Å². The molecule has 0 bridgehead atoms. The standard InChI is InChI=1S/C21H27ClN4OS.HI/c1-23-21(24-11-13-28(27)16-17-6-3-2-4-7-17)25-19-10-12-26(15-19)20-9-5-8-18(22)14-20;/h2-9,14,19H,10-13,15-16H2,1H3,(H2,23,24,25);1H. The van der Waals surface area contributed by atoms with E-state index in [4.69, 9.17) is 11.6 Å². The molecule has 0 aliphatic carbocycles. The van der Waals surface area contributed by atoms with Crippen LogP contribution in [0.2, 0.25) is 5.02 Å². The molecule has 1 heterocycles. The number of guanidine groups is 1. The maximum absolute atomic E-state index is 12.2. The van der Waals surface area contributed by atoms with Gasteiger partial charge in [0.15, 0.2) is 5.96 Å². The molecule has 29 heavy (non-hydrogen) atoms. The molecular formula is C21H28ClIN4OS. The molecule has 2 N–H and O–H groups in total. The van der Waals surface area contributed by atoms with Gasteiger partial charge in [-0.2, -0.15) is 0 Å². The lowest BCUT2D eigenvalue weighted by Crippen LogP contribution is -2.45. The van der Waals surface area contributed by atoms with Crippen molar-refractivity contribution in [1.29, 1.82) is 0 Å². The fourth-order valence-electron chi connectivity index (χ4n) is 3.29. The highest BCUT2D eigenvalue weighted by Gasteiger charge is 2.23. The highest BCUT2D eigenvalue weighted by Crippen LogP contribution is 2.23. The molecule has 2 unspecified atom stereocenters. The van der Waals surface area contributed by atoms with Crippen LogP contribution < -0.4 is 15.5 Å². The Morgan fingerprint density at radius 1 is 1.24 bits per heavy atom. The monoisotopic (exact) mass is 546 g/mol. The number of anilines is 1. The second-order valence-electron chi connectivity index (χ2n) is 6.83. The number of halogens is 2. The quantitative estimate of drug-likeness (QED) is 0.316. The summed E-state index contributed by atoms with van der Waals surface area (Å²) in [5.41, 5.74) is 2.26. The highest BCUT2D eigenvalue weighted by atomic mass is 127. The molecule has 1 aliphatic rings. The van der Waals surface area contributed by atoms with Crippen molar-refractivity contribution in [3.63, 3.8) is 0 Å². The number of hydrogen-bond donors (Lipinski definition) is 2. The van der Waals surface area contributed by atoms with E-state index >= 15 is 0 Å². The van der Waals surface area contributed by atoms with Crippen LogP contribution in [0.1, 0.15) is 12.0 Å². The zero-order valence-corrected chi connectivity index (χ0v) is 20.4. The number of rotatable bonds is 7. The minimum absolute atomic E-state index is 0. The van der Waals surface area contributed by atoms with E-state index in [1.54, 1.807) is 7.05 Å². The summed E-state index contributed by atoms with van der Waals surface area (Å²) >= 11 is 6.10. The number of aliphatic imine (C=N–C) groups is 1. The zero-order chi connectivity index (χ0) is 19.8. The lowest BCUT2D eigenvalue weighted by Gasteiger charge is -2.20. The maximum Gasteiger partial charge on any atom is 0.191 e. The molecule has 2 aromatic rings. The van der Waals surface area contributed by atoms with Gasteiger partial charge < -0.3 is 15.5 Å². The van der Waals surface area contributed by atoms with Crippen LogP contribution in [0.5, 0.6) is 0 Å². The Kier molecular flexibility index (Phi) is 10.2. The van der Waals surface area contributed by atoms with E-state index in [9.17, 15) is 4.21 Å². The van der Waals surface area contributed by atoms with Crippen LogP contribution in [0.15, 0.2) is 59.6 Å². The van der Waals surface area contributed by atoms with Crippen molar-refractivity contribution in [2.24, 2.45) is 4.99 Å². The van der Waals surface area contributed by atoms with Crippen LogP contribution in [0.25, 0.3) is 0 Å². The number of nitrogens with zero attached hydrogens (tertiary/aromatic N) is 2. The van der Waals surface area contributed by atoms with E-state index in [1.807, 2.05) is 48.5 Å². The molecule has 0 aromatic heterocycles. The first-order valence-electron chi connectivity index (χ1n) is 9.50. The van der Waals surface area contributed by atoms with Gasteiger partial charge in [-0.25, -0.2) is 0 Å². The zero-order valence-electron chi connectivity index (χ0n) is 16.5. The van der Waals surface area contributed by atoms with Gasteiger partial charge in [0.05, 0.1) is 0 Å². The summed E-state index contributed by atoms with van der Waals surface area (Å²) < 4.78 is 12.2. The van der Waals surface area contributed by atoms with Gasteiger partial charge in [0.1, 0.15) is 0 Å². The lowest BCUT2D eigenvalue weighted by atomic mass is 10.2. The topological polar surface area (TPSA) is 56.7 Å². The first kappa shape index (κ1) is 24.0. The molecular weight excluding hydrogens is 519 g/mol. The van der Waals surface area contributed by atoms with Gasteiger partial charge in [0.25, 0.3) is 0 Å². The minimum Gasteiger partial charge on any atom is -0.369 e. The molecule has 5 nitrogen and oxygen atoms in total. The molecule has 0 radical (unpaired) electrons. The van der Waals surface area contributed by atoms with E-state index in [0.29, 0.717) is 24.1 Å². The number of nitrogens with one attached hydrogen (secondary N) is 2. The largest absolute Gasteiger partial charge is 0.369 e. The van der Waals surface area contributed by atoms with E-state index in [1.165, 1.54) is 0 Å². The summed E-state index contributed by atoms with van der Waals surface area (Å²) in [5.74, 6) is 1.94. The van der Waals surface area contributed by atoms with Crippen molar-refractivity contribution in [2.75, 3.05) is 37.3 Å². The Hall–Kier alpha value is -1.32. The summed E-state index contributed by atoms with van der Waals surface area (Å²) in [6.45, 7) is 2.51. The van der Waals surface area contributed by atoms with Crippen molar-refractivity contribution in [3.05, 3.63) is 65.2 Å².